The molecule has 0 bridgehead atoms. The fraction of sp³-hybridized carbons (Fsp3) is 0.600. The fourth-order valence-corrected chi connectivity index (χ4v) is 2.53. The van der Waals surface area contributed by atoms with Gasteiger partial charge in [0.15, 0.2) is 0 Å². The van der Waals surface area contributed by atoms with Gasteiger partial charge in [-0.2, -0.15) is 0 Å². The summed E-state index contributed by atoms with van der Waals surface area (Å²) in [6.07, 6.45) is 0.0929. The number of morpholine rings is 1. The second-order valence-electron chi connectivity index (χ2n) is 5.54. The van der Waals surface area contributed by atoms with Gasteiger partial charge in [-0.3, -0.25) is 0 Å². The number of hydrogen-bond acceptors (Lipinski definition) is 4. The van der Waals surface area contributed by atoms with E-state index in [1.807, 2.05) is 19.1 Å². The molecule has 0 amide bonds. The monoisotopic (exact) mass is 264 g/mol. The van der Waals surface area contributed by atoms with E-state index in [0.29, 0.717) is 13.2 Å². The molecule has 1 heterocycles. The molecule has 1 atom stereocenters. The third kappa shape index (κ3) is 3.61. The quantitative estimate of drug-likeness (QED) is 0.904. The van der Waals surface area contributed by atoms with Crippen LogP contribution in [0.15, 0.2) is 24.3 Å². The molecule has 0 saturated carbocycles. The van der Waals surface area contributed by atoms with Gasteiger partial charge in [-0.25, -0.2) is 0 Å². The van der Waals surface area contributed by atoms with Crippen LogP contribution in [-0.2, 0) is 4.74 Å². The van der Waals surface area contributed by atoms with Crippen LogP contribution < -0.4 is 15.4 Å². The molecule has 4 nitrogen and oxygen atoms in total. The number of nitrogens with two attached hydrogens (primary N) is 1. The van der Waals surface area contributed by atoms with Gasteiger partial charge in [0.2, 0.25) is 0 Å². The molecule has 0 spiro atoms. The number of rotatable bonds is 4. The smallest absolute Gasteiger partial charge is 0.119 e. The Labute approximate surface area is 115 Å². The van der Waals surface area contributed by atoms with Crippen LogP contribution in [0, 0.1) is 0 Å². The number of nitrogens with zero attached hydrogens (tertiary/aromatic N) is 1. The number of anilines is 1. The average molecular weight is 264 g/mol. The van der Waals surface area contributed by atoms with Crippen molar-refractivity contribution < 1.29 is 9.47 Å². The van der Waals surface area contributed by atoms with Crippen molar-refractivity contribution in [1.29, 1.82) is 0 Å². The molecule has 1 aliphatic heterocycles. The zero-order valence-electron chi connectivity index (χ0n) is 12.1. The number of hydrogen-bond donors (Lipinski definition) is 1. The summed E-state index contributed by atoms with van der Waals surface area (Å²) < 4.78 is 11.4. The molecule has 19 heavy (non-hydrogen) atoms. The van der Waals surface area contributed by atoms with Gasteiger partial charge < -0.3 is 20.1 Å². The molecule has 2 N–H and O–H groups in total. The van der Waals surface area contributed by atoms with Crippen molar-refractivity contribution >= 4 is 5.69 Å². The number of ether oxygens (including phenoxy) is 2. The Hall–Kier alpha value is -1.26. The normalized spacial score (nSPS) is 22.3. The van der Waals surface area contributed by atoms with Crippen molar-refractivity contribution in [2.45, 2.75) is 32.5 Å². The Bertz CT molecular complexity index is 403. The Morgan fingerprint density at radius 3 is 2.63 bits per heavy atom. The van der Waals surface area contributed by atoms with Gasteiger partial charge in [0.05, 0.1) is 18.3 Å². The van der Waals surface area contributed by atoms with Gasteiger partial charge in [-0.05, 0) is 45.0 Å². The van der Waals surface area contributed by atoms with Crippen LogP contribution in [0.4, 0.5) is 5.69 Å². The molecule has 0 aromatic heterocycles. The Balaban J connectivity index is 2.11. The van der Waals surface area contributed by atoms with E-state index in [1.165, 1.54) is 5.69 Å². The molecular formula is C15H24N2O2. The number of benzene rings is 1. The molecule has 1 aromatic rings. The second kappa shape index (κ2) is 5.80. The molecule has 1 fully saturated rings. The van der Waals surface area contributed by atoms with Gasteiger partial charge in [0.1, 0.15) is 5.75 Å². The lowest BCUT2D eigenvalue weighted by molar-refractivity contribution is -0.0788. The highest BCUT2D eigenvalue weighted by atomic mass is 16.5. The van der Waals surface area contributed by atoms with Crippen LogP contribution in [0.1, 0.15) is 20.8 Å². The van der Waals surface area contributed by atoms with Crippen LogP contribution >= 0.6 is 0 Å². The first kappa shape index (κ1) is 14.2. The molecule has 1 saturated heterocycles. The minimum atomic E-state index is -0.166. The van der Waals surface area contributed by atoms with Crippen LogP contribution in [0.5, 0.6) is 5.75 Å². The second-order valence-corrected chi connectivity index (χ2v) is 5.54. The van der Waals surface area contributed by atoms with Gasteiger partial charge in [-0.1, -0.05) is 0 Å². The SMILES string of the molecule is CCOc1ccc(N2CC(CN)OC(C)(C)C2)cc1. The third-order valence-corrected chi connectivity index (χ3v) is 3.26. The summed E-state index contributed by atoms with van der Waals surface area (Å²) in [7, 11) is 0. The van der Waals surface area contributed by atoms with Crippen molar-refractivity contribution in [2.75, 3.05) is 31.1 Å². The fourth-order valence-electron chi connectivity index (χ4n) is 2.53. The van der Waals surface area contributed by atoms with Crippen LogP contribution in [0.3, 0.4) is 0 Å². The largest absolute Gasteiger partial charge is 0.494 e. The first-order chi connectivity index (χ1) is 9.04. The molecule has 2 rings (SSSR count). The molecule has 106 valence electrons. The van der Waals surface area contributed by atoms with Crippen LogP contribution in [0.2, 0.25) is 0 Å². The predicted octanol–water partition coefficient (Wildman–Crippen LogP) is 2.03. The van der Waals surface area contributed by atoms with Crippen LogP contribution in [0.25, 0.3) is 0 Å². The van der Waals surface area contributed by atoms with Crippen molar-refractivity contribution in [3.05, 3.63) is 24.3 Å². The molecule has 0 aliphatic carbocycles. The molecular weight excluding hydrogens is 240 g/mol. The topological polar surface area (TPSA) is 47.7 Å². The summed E-state index contributed by atoms with van der Waals surface area (Å²) in [6.45, 7) is 9.17. The predicted molar refractivity (Wildman–Crippen MR) is 77.8 cm³/mol. The Morgan fingerprint density at radius 2 is 2.05 bits per heavy atom. The van der Waals surface area contributed by atoms with E-state index in [1.54, 1.807) is 0 Å². The van der Waals surface area contributed by atoms with Crippen molar-refractivity contribution in [1.82, 2.24) is 0 Å². The molecule has 1 aromatic carbocycles. The van der Waals surface area contributed by atoms with E-state index < -0.39 is 0 Å². The third-order valence-electron chi connectivity index (χ3n) is 3.26. The molecule has 1 unspecified atom stereocenters. The van der Waals surface area contributed by atoms with E-state index in [9.17, 15) is 0 Å². The minimum absolute atomic E-state index is 0.0929. The first-order valence-electron chi connectivity index (χ1n) is 6.90. The van der Waals surface area contributed by atoms with E-state index in [4.69, 9.17) is 15.2 Å². The van der Waals surface area contributed by atoms with Gasteiger partial charge >= 0.3 is 0 Å². The zero-order valence-corrected chi connectivity index (χ0v) is 12.1. The van der Waals surface area contributed by atoms with E-state index in [0.717, 1.165) is 18.8 Å². The van der Waals surface area contributed by atoms with E-state index in [-0.39, 0.29) is 11.7 Å². The van der Waals surface area contributed by atoms with Gasteiger partial charge in [0.25, 0.3) is 0 Å². The van der Waals surface area contributed by atoms with E-state index in [2.05, 4.69) is 30.9 Å². The highest BCUT2D eigenvalue weighted by molar-refractivity contribution is 5.50. The maximum Gasteiger partial charge on any atom is 0.119 e. The Morgan fingerprint density at radius 1 is 1.37 bits per heavy atom. The highest BCUT2D eigenvalue weighted by Gasteiger charge is 2.32. The summed E-state index contributed by atoms with van der Waals surface area (Å²) in [6, 6.07) is 8.22. The summed E-state index contributed by atoms with van der Waals surface area (Å²) in [5, 5.41) is 0. The van der Waals surface area contributed by atoms with E-state index >= 15 is 0 Å². The summed E-state index contributed by atoms with van der Waals surface area (Å²) in [5.74, 6) is 0.911. The molecule has 1 aliphatic rings. The lowest BCUT2D eigenvalue weighted by Gasteiger charge is -2.43. The van der Waals surface area contributed by atoms with Crippen molar-refractivity contribution in [2.24, 2.45) is 5.73 Å². The summed E-state index contributed by atoms with van der Waals surface area (Å²) >= 11 is 0. The molecule has 0 radical (unpaired) electrons. The summed E-state index contributed by atoms with van der Waals surface area (Å²) in [4.78, 5) is 2.33. The summed E-state index contributed by atoms with van der Waals surface area (Å²) in [5.41, 5.74) is 6.78. The lowest BCUT2D eigenvalue weighted by Crippen LogP contribution is -2.54. The van der Waals surface area contributed by atoms with Crippen molar-refractivity contribution in [3.63, 3.8) is 0 Å². The maximum absolute atomic E-state index is 5.95. The van der Waals surface area contributed by atoms with Gasteiger partial charge in [0, 0.05) is 25.3 Å². The zero-order chi connectivity index (χ0) is 13.9. The Kier molecular flexibility index (Phi) is 4.32. The average Bonchev–Trinajstić information content (AvgIpc) is 2.38. The van der Waals surface area contributed by atoms with Crippen molar-refractivity contribution in [3.8, 4) is 5.75 Å². The minimum Gasteiger partial charge on any atom is -0.494 e. The first-order valence-corrected chi connectivity index (χ1v) is 6.90. The highest BCUT2D eigenvalue weighted by Crippen LogP contribution is 2.27. The standard InChI is InChI=1S/C15H24N2O2/c1-4-18-13-7-5-12(6-8-13)17-10-14(9-16)19-15(2,3)11-17/h5-8,14H,4,9-11,16H2,1-3H3. The van der Waals surface area contributed by atoms with Gasteiger partial charge in [-0.15, -0.1) is 0 Å². The maximum atomic E-state index is 5.95. The lowest BCUT2D eigenvalue weighted by atomic mass is 10.0. The van der Waals surface area contributed by atoms with Crippen LogP contribution in [-0.4, -0.2) is 37.9 Å². The molecule has 4 heteroatoms.